The summed E-state index contributed by atoms with van der Waals surface area (Å²) in [4.78, 5) is 1.26. The van der Waals surface area contributed by atoms with Crippen LogP contribution in [0.1, 0.15) is 53.4 Å². The molecule has 96 valence electrons. The second-order valence-corrected chi connectivity index (χ2v) is 7.85. The molecule has 0 bridgehead atoms. The zero-order valence-corrected chi connectivity index (χ0v) is 15.6. The maximum absolute atomic E-state index is 3.95. The molecule has 4 unspecified atom stereocenters. The molecule has 0 aliphatic carbocycles. The Bertz CT molecular complexity index is 160. The van der Waals surface area contributed by atoms with Crippen LogP contribution in [0.2, 0.25) is 11.6 Å². The molecule has 0 fully saturated rings. The van der Waals surface area contributed by atoms with Gasteiger partial charge >= 0.3 is 0 Å². The summed E-state index contributed by atoms with van der Waals surface area (Å²) in [5, 5.41) is 0. The van der Waals surface area contributed by atoms with Crippen LogP contribution in [0.25, 0.3) is 0 Å². The second-order valence-electron chi connectivity index (χ2n) is 4.44. The summed E-state index contributed by atoms with van der Waals surface area (Å²) in [6.07, 6.45) is 4.88. The lowest BCUT2D eigenvalue weighted by Crippen LogP contribution is -2.30. The van der Waals surface area contributed by atoms with E-state index >= 15 is 0 Å². The SMILES string of the molecule is CCC(Br)C(CC)B(Br)C(CC)C(Br)CC. The molecule has 0 aromatic carbocycles. The van der Waals surface area contributed by atoms with E-state index in [0.717, 1.165) is 11.6 Å². The van der Waals surface area contributed by atoms with Gasteiger partial charge in [-0.15, -0.1) is 0 Å². The van der Waals surface area contributed by atoms with Crippen molar-refractivity contribution in [2.24, 2.45) is 0 Å². The summed E-state index contributed by atoms with van der Waals surface area (Å²) >= 11 is 11.6. The maximum atomic E-state index is 3.95. The van der Waals surface area contributed by atoms with E-state index in [0.29, 0.717) is 15.2 Å². The molecule has 0 rings (SSSR count). The highest BCUT2D eigenvalue weighted by Gasteiger charge is 2.35. The number of rotatable bonds is 8. The zero-order chi connectivity index (χ0) is 12.7. The Hall–Kier alpha value is 1.50. The summed E-state index contributed by atoms with van der Waals surface area (Å²) in [5.74, 6) is 1.45. The fourth-order valence-corrected chi connectivity index (χ4v) is 5.99. The lowest BCUT2D eigenvalue weighted by Gasteiger charge is -2.31. The first kappa shape index (κ1) is 17.5. The van der Waals surface area contributed by atoms with Crippen molar-refractivity contribution in [2.45, 2.75) is 74.7 Å². The molecule has 0 aromatic heterocycles. The van der Waals surface area contributed by atoms with E-state index < -0.39 is 0 Å². The molecule has 4 heteroatoms. The lowest BCUT2D eigenvalue weighted by molar-refractivity contribution is 0.666. The van der Waals surface area contributed by atoms with Gasteiger partial charge in [-0.05, 0) is 24.5 Å². The third-order valence-electron chi connectivity index (χ3n) is 3.47. The highest BCUT2D eigenvalue weighted by atomic mass is 79.9. The number of alkyl halides is 2. The van der Waals surface area contributed by atoms with Crippen molar-refractivity contribution in [1.29, 1.82) is 0 Å². The Balaban J connectivity index is 4.62. The number of hydrogen-bond acceptors (Lipinski definition) is 0. The van der Waals surface area contributed by atoms with Crippen LogP contribution in [0.4, 0.5) is 0 Å². The molecule has 0 saturated heterocycles. The average molecular weight is 419 g/mol. The summed E-state index contributed by atoms with van der Waals surface area (Å²) < 4.78 is 0. The van der Waals surface area contributed by atoms with E-state index in [2.05, 4.69) is 75.3 Å². The Kier molecular flexibility index (Phi) is 10.3. The highest BCUT2D eigenvalue weighted by Crippen LogP contribution is 2.41. The van der Waals surface area contributed by atoms with Crippen LogP contribution in [0.5, 0.6) is 0 Å². The van der Waals surface area contributed by atoms with E-state index in [9.17, 15) is 0 Å². The predicted molar refractivity (Wildman–Crippen MR) is 88.8 cm³/mol. The number of halogens is 3. The van der Waals surface area contributed by atoms with Crippen LogP contribution < -0.4 is 0 Å². The molecule has 0 aliphatic rings. The molecule has 0 nitrogen and oxygen atoms in total. The van der Waals surface area contributed by atoms with Crippen molar-refractivity contribution in [3.63, 3.8) is 0 Å². The molecule has 0 aliphatic heterocycles. The van der Waals surface area contributed by atoms with E-state index in [4.69, 9.17) is 0 Å². The second kappa shape index (κ2) is 9.44. The van der Waals surface area contributed by atoms with E-state index in [-0.39, 0.29) is 0 Å². The third kappa shape index (κ3) is 5.01. The van der Waals surface area contributed by atoms with Crippen LogP contribution in [0.15, 0.2) is 0 Å². The molecular formula is C12H24BBr3. The van der Waals surface area contributed by atoms with Crippen LogP contribution in [0.3, 0.4) is 0 Å². The highest BCUT2D eigenvalue weighted by molar-refractivity contribution is 9.24. The summed E-state index contributed by atoms with van der Waals surface area (Å²) in [5.41, 5.74) is 0.608. The molecule has 4 atom stereocenters. The van der Waals surface area contributed by atoms with Crippen molar-refractivity contribution < 1.29 is 0 Å². The Morgan fingerprint density at radius 3 is 1.25 bits per heavy atom. The van der Waals surface area contributed by atoms with Gasteiger partial charge in [0.25, 0.3) is 0 Å². The van der Waals surface area contributed by atoms with Crippen LogP contribution in [-0.2, 0) is 0 Å². The maximum Gasteiger partial charge on any atom is 0.231 e. The Labute approximate surface area is 127 Å². The molecule has 0 saturated carbocycles. The topological polar surface area (TPSA) is 0 Å². The largest absolute Gasteiger partial charge is 0.231 e. The Morgan fingerprint density at radius 2 is 1.06 bits per heavy atom. The van der Waals surface area contributed by atoms with Crippen molar-refractivity contribution in [3.05, 3.63) is 0 Å². The van der Waals surface area contributed by atoms with E-state index in [1.165, 1.54) is 25.7 Å². The first-order valence-corrected chi connectivity index (χ1v) is 9.20. The first-order valence-electron chi connectivity index (χ1n) is 6.45. The van der Waals surface area contributed by atoms with Gasteiger partial charge in [0.1, 0.15) is 0 Å². The molecule has 0 spiro atoms. The normalized spacial score (nSPS) is 18.9. The molecule has 16 heavy (non-hydrogen) atoms. The molecule has 0 N–H and O–H groups in total. The summed E-state index contributed by atoms with van der Waals surface area (Å²) in [6.45, 7) is 9.11. The van der Waals surface area contributed by atoms with Gasteiger partial charge in [0.15, 0.2) is 0 Å². The molecule has 0 heterocycles. The lowest BCUT2D eigenvalue weighted by atomic mass is 9.50. The fraction of sp³-hybridized carbons (Fsp3) is 1.00. The summed E-state index contributed by atoms with van der Waals surface area (Å²) in [7, 11) is 0. The van der Waals surface area contributed by atoms with Crippen molar-refractivity contribution in [2.75, 3.05) is 0 Å². The van der Waals surface area contributed by atoms with Gasteiger partial charge in [-0.3, -0.25) is 0 Å². The molecular weight excluding hydrogens is 395 g/mol. The van der Waals surface area contributed by atoms with Crippen molar-refractivity contribution in [1.82, 2.24) is 0 Å². The van der Waals surface area contributed by atoms with Gasteiger partial charge in [0.05, 0.1) is 0 Å². The van der Waals surface area contributed by atoms with Gasteiger partial charge in [0, 0.05) is 9.65 Å². The van der Waals surface area contributed by atoms with E-state index in [1.807, 2.05) is 0 Å². The van der Waals surface area contributed by atoms with Gasteiger partial charge in [-0.1, -0.05) is 72.4 Å². The quantitative estimate of drug-likeness (QED) is 0.321. The van der Waals surface area contributed by atoms with Crippen LogP contribution in [0, 0.1) is 0 Å². The van der Waals surface area contributed by atoms with Gasteiger partial charge in [0.2, 0.25) is 5.54 Å². The molecule has 0 amide bonds. The standard InChI is InChI=1S/C12H24BBr3/c1-5-9(11(14)7-3)13(16)10(6-2)12(15)8-4/h9-12H,5-8H2,1-4H3. The van der Waals surface area contributed by atoms with Crippen molar-refractivity contribution >= 4 is 53.2 Å². The molecule has 0 aromatic rings. The number of hydrogen-bond donors (Lipinski definition) is 0. The third-order valence-corrected chi connectivity index (χ3v) is 7.48. The Morgan fingerprint density at radius 1 is 0.750 bits per heavy atom. The minimum absolute atomic E-state index is 0.608. The summed E-state index contributed by atoms with van der Waals surface area (Å²) in [6, 6.07) is 0. The smallest absolute Gasteiger partial charge is 0.156 e. The average Bonchev–Trinajstić information content (AvgIpc) is 2.30. The van der Waals surface area contributed by atoms with E-state index in [1.54, 1.807) is 0 Å². The fourth-order valence-electron chi connectivity index (χ4n) is 2.28. The monoisotopic (exact) mass is 416 g/mol. The van der Waals surface area contributed by atoms with Gasteiger partial charge < -0.3 is 0 Å². The minimum Gasteiger partial charge on any atom is -0.156 e. The van der Waals surface area contributed by atoms with Gasteiger partial charge in [-0.2, -0.15) is 15.8 Å². The van der Waals surface area contributed by atoms with Gasteiger partial charge in [-0.25, -0.2) is 0 Å². The van der Waals surface area contributed by atoms with Crippen LogP contribution in [-0.4, -0.2) is 15.2 Å². The van der Waals surface area contributed by atoms with Crippen LogP contribution >= 0.6 is 47.6 Å². The van der Waals surface area contributed by atoms with Crippen molar-refractivity contribution in [3.8, 4) is 0 Å². The zero-order valence-electron chi connectivity index (χ0n) is 10.8. The predicted octanol–water partition coefficient (Wildman–Crippen LogP) is 6.28. The minimum atomic E-state index is 0.608. The molecule has 0 radical (unpaired) electrons. The first-order chi connectivity index (χ1) is 7.53.